The molecule has 7 heteroatoms. The van der Waals surface area contributed by atoms with Crippen LogP contribution in [0.15, 0.2) is 120 Å². The Balaban J connectivity index is 0.000000182. The number of aromatic nitrogens is 4. The summed E-state index contributed by atoms with van der Waals surface area (Å²) in [5.74, 6) is 0.804. The SMILES string of the molecule is Cc1ccc2c(n1)oc1c(-c3nc4ccccc4n3-c3ccccc3)[c-]ccc12.[2H]C([2H])([2H])c1c[c-]c(-c2ccc([Si](C)(C)C)cn2)cc1.[Ir]. The van der Waals surface area contributed by atoms with E-state index < -0.39 is 14.9 Å². The quantitative estimate of drug-likeness (QED) is 0.131. The number of hydrogen-bond donors (Lipinski definition) is 0. The van der Waals surface area contributed by atoms with Gasteiger partial charge in [0.1, 0.15) is 0 Å². The summed E-state index contributed by atoms with van der Waals surface area (Å²) >= 11 is 0. The van der Waals surface area contributed by atoms with Crippen LogP contribution >= 0.6 is 0 Å². The predicted octanol–water partition coefficient (Wildman–Crippen LogP) is 9.50. The second kappa shape index (κ2) is 13.2. The van der Waals surface area contributed by atoms with E-state index in [0.717, 1.165) is 61.4 Å². The number of nitrogens with zero attached hydrogens (tertiary/aromatic N) is 4. The van der Waals surface area contributed by atoms with Crippen molar-refractivity contribution >= 4 is 46.4 Å². The van der Waals surface area contributed by atoms with E-state index in [4.69, 9.17) is 13.5 Å². The Labute approximate surface area is 293 Å². The Kier molecular flexibility index (Phi) is 8.02. The van der Waals surface area contributed by atoms with E-state index >= 15 is 0 Å². The van der Waals surface area contributed by atoms with E-state index in [9.17, 15) is 0 Å². The molecule has 0 atom stereocenters. The fraction of sp³-hybridized carbons (Fsp3) is 0.125. The number of hydrogen-bond acceptors (Lipinski definition) is 4. The molecule has 0 fully saturated rings. The molecular formula is C40H34IrN4OSi-2. The molecule has 4 aromatic carbocycles. The molecule has 1 radical (unpaired) electrons. The number of furan rings is 1. The van der Waals surface area contributed by atoms with E-state index in [0.29, 0.717) is 11.3 Å². The van der Waals surface area contributed by atoms with Gasteiger partial charge in [0.2, 0.25) is 5.71 Å². The molecule has 0 spiro atoms. The molecule has 0 N–H and O–H groups in total. The second-order valence-electron chi connectivity index (χ2n) is 12.3. The maximum Gasteiger partial charge on any atom is 0.216 e. The molecule has 0 amide bonds. The minimum absolute atomic E-state index is 0. The number of fused-ring (bicyclic) bond motifs is 4. The van der Waals surface area contributed by atoms with Gasteiger partial charge < -0.3 is 14.0 Å². The number of benzene rings is 4. The predicted molar refractivity (Wildman–Crippen MR) is 191 cm³/mol. The van der Waals surface area contributed by atoms with Gasteiger partial charge >= 0.3 is 0 Å². The fourth-order valence-electron chi connectivity index (χ4n) is 5.49. The first-order valence-corrected chi connectivity index (χ1v) is 18.7. The minimum Gasteiger partial charge on any atom is -0.486 e. The van der Waals surface area contributed by atoms with Gasteiger partial charge in [-0.3, -0.25) is 4.98 Å². The molecule has 8 rings (SSSR count). The third kappa shape index (κ3) is 6.47. The number of para-hydroxylation sites is 3. The normalized spacial score (nSPS) is 12.6. The van der Waals surface area contributed by atoms with Crippen molar-refractivity contribution in [3.05, 3.63) is 139 Å². The monoisotopic (exact) mass is 810 g/mol. The van der Waals surface area contributed by atoms with Crippen LogP contribution < -0.4 is 5.19 Å². The summed E-state index contributed by atoms with van der Waals surface area (Å²) in [5, 5.41) is 3.33. The van der Waals surface area contributed by atoms with E-state index in [1.807, 2.05) is 73.8 Å². The van der Waals surface area contributed by atoms with Crippen LogP contribution in [0.2, 0.25) is 19.6 Å². The van der Waals surface area contributed by atoms with Crippen molar-refractivity contribution in [2.45, 2.75) is 33.4 Å². The van der Waals surface area contributed by atoms with Crippen LogP contribution in [-0.4, -0.2) is 27.6 Å². The van der Waals surface area contributed by atoms with Crippen molar-refractivity contribution in [2.75, 3.05) is 0 Å². The van der Waals surface area contributed by atoms with Crippen LogP contribution in [0.1, 0.15) is 15.4 Å². The molecule has 0 unspecified atom stereocenters. The van der Waals surface area contributed by atoms with E-state index in [1.165, 1.54) is 11.3 Å². The third-order valence-electron chi connectivity index (χ3n) is 7.95. The van der Waals surface area contributed by atoms with Crippen molar-refractivity contribution in [2.24, 2.45) is 0 Å². The molecule has 4 heterocycles. The minimum atomic E-state index is -2.08. The van der Waals surface area contributed by atoms with Crippen LogP contribution in [0.5, 0.6) is 0 Å². The average molecular weight is 810 g/mol. The van der Waals surface area contributed by atoms with Gasteiger partial charge in [0.25, 0.3) is 0 Å². The Bertz CT molecular complexity index is 2360. The summed E-state index contributed by atoms with van der Waals surface area (Å²) in [6, 6.07) is 41.8. The van der Waals surface area contributed by atoms with Gasteiger partial charge in [-0.05, 0) is 54.2 Å². The topological polar surface area (TPSA) is 56.7 Å². The molecule has 0 bridgehead atoms. The van der Waals surface area contributed by atoms with Gasteiger partial charge in [0, 0.05) is 47.2 Å². The molecular weight excluding hydrogens is 773 g/mol. The first kappa shape index (κ1) is 28.5. The van der Waals surface area contributed by atoms with Crippen LogP contribution in [0.3, 0.4) is 0 Å². The summed E-state index contributed by atoms with van der Waals surface area (Å²) in [6.07, 6.45) is 1.92. The van der Waals surface area contributed by atoms with Gasteiger partial charge in [-0.25, -0.2) is 4.98 Å². The Morgan fingerprint density at radius 3 is 2.34 bits per heavy atom. The molecule has 0 saturated heterocycles. The molecule has 47 heavy (non-hydrogen) atoms. The number of aryl methyl sites for hydroxylation is 2. The first-order chi connectivity index (χ1) is 23.5. The van der Waals surface area contributed by atoms with Gasteiger partial charge in [0.15, 0.2) is 0 Å². The molecule has 0 aliphatic heterocycles. The summed E-state index contributed by atoms with van der Waals surface area (Å²) in [7, 11) is -1.34. The Morgan fingerprint density at radius 1 is 0.809 bits per heavy atom. The van der Waals surface area contributed by atoms with Crippen molar-refractivity contribution in [1.82, 2.24) is 19.5 Å². The smallest absolute Gasteiger partial charge is 0.216 e. The van der Waals surface area contributed by atoms with Crippen LogP contribution in [0.4, 0.5) is 0 Å². The van der Waals surface area contributed by atoms with Crippen molar-refractivity contribution < 1.29 is 28.6 Å². The molecule has 5 nitrogen and oxygen atoms in total. The molecule has 8 aromatic rings. The zero-order chi connectivity index (χ0) is 34.3. The van der Waals surface area contributed by atoms with Gasteiger partial charge in [0.05, 0.1) is 30.5 Å². The molecule has 0 aliphatic rings. The molecule has 0 saturated carbocycles. The first-order valence-electron chi connectivity index (χ1n) is 16.7. The number of pyridine rings is 2. The molecule has 0 aliphatic carbocycles. The van der Waals surface area contributed by atoms with Gasteiger partial charge in [-0.15, -0.1) is 53.6 Å². The van der Waals surface area contributed by atoms with Crippen LogP contribution in [0.25, 0.3) is 61.4 Å². The second-order valence-corrected chi connectivity index (χ2v) is 17.3. The molecule has 235 valence electrons. The third-order valence-corrected chi connectivity index (χ3v) is 9.98. The van der Waals surface area contributed by atoms with Crippen LogP contribution in [0, 0.1) is 25.9 Å². The standard InChI is InChI=1S/C25H16N3O.C15H18NSi.Ir/c1-16-14-15-19-18-10-7-11-20(23(18)29-25(19)26-16)24-27-21-12-5-6-13-22(21)28(24)17-8-3-2-4-9-17;1-12-5-7-13(8-6-12)15-10-9-14(11-16-15)17(2,3)4;/h2-10,12-15H,1H3;5-7,9-11H,1-4H3;/q2*-1;/i;1D3;. The number of imidazole rings is 1. The summed E-state index contributed by atoms with van der Waals surface area (Å²) in [4.78, 5) is 14.0. The largest absolute Gasteiger partial charge is 0.486 e. The fourth-order valence-corrected chi connectivity index (χ4v) is 6.53. The Hall–Kier alpha value is -4.68. The van der Waals surface area contributed by atoms with E-state index in [2.05, 4.69) is 76.6 Å². The number of rotatable bonds is 4. The van der Waals surface area contributed by atoms with Crippen molar-refractivity contribution in [3.8, 4) is 28.3 Å². The van der Waals surface area contributed by atoms with Crippen molar-refractivity contribution in [1.29, 1.82) is 0 Å². The summed E-state index contributed by atoms with van der Waals surface area (Å²) in [5.41, 5.74) is 8.13. The maximum atomic E-state index is 7.35. The van der Waals surface area contributed by atoms with Gasteiger partial charge in [-0.2, -0.15) is 0 Å². The zero-order valence-electron chi connectivity index (χ0n) is 29.5. The molecule has 4 aromatic heterocycles. The van der Waals surface area contributed by atoms with E-state index in [-0.39, 0.29) is 20.1 Å². The van der Waals surface area contributed by atoms with Gasteiger partial charge in [-0.1, -0.05) is 79.9 Å². The van der Waals surface area contributed by atoms with E-state index in [1.54, 1.807) is 12.1 Å². The van der Waals surface area contributed by atoms with Crippen LogP contribution in [-0.2, 0) is 20.1 Å². The average Bonchev–Trinajstić information content (AvgIpc) is 3.66. The van der Waals surface area contributed by atoms with Crippen molar-refractivity contribution in [3.63, 3.8) is 0 Å². The summed E-state index contributed by atoms with van der Waals surface area (Å²) < 4.78 is 30.4. The zero-order valence-corrected chi connectivity index (χ0v) is 29.9. The maximum absolute atomic E-state index is 7.35. The summed E-state index contributed by atoms with van der Waals surface area (Å²) in [6.45, 7) is 6.72. The Morgan fingerprint density at radius 2 is 1.62 bits per heavy atom.